The number of hydrogen-bond donors (Lipinski definition) is 3. The van der Waals surface area contributed by atoms with E-state index in [0.29, 0.717) is 12.8 Å². The predicted molar refractivity (Wildman–Crippen MR) is 221 cm³/mol. The third kappa shape index (κ3) is 38.4. The summed E-state index contributed by atoms with van der Waals surface area (Å²) in [5.74, 6) is -0.0323. The van der Waals surface area contributed by atoms with Crippen LogP contribution in [0.15, 0.2) is 12.2 Å². The van der Waals surface area contributed by atoms with E-state index in [2.05, 4.69) is 31.3 Å². The van der Waals surface area contributed by atoms with Crippen molar-refractivity contribution >= 4 is 5.91 Å². The Morgan fingerprint density at radius 2 is 0.760 bits per heavy atom. The van der Waals surface area contributed by atoms with Gasteiger partial charge in [-0.2, -0.15) is 0 Å². The number of allylic oxidation sites excluding steroid dienone is 2. The van der Waals surface area contributed by atoms with Gasteiger partial charge in [0.2, 0.25) is 5.91 Å². The van der Waals surface area contributed by atoms with Gasteiger partial charge >= 0.3 is 0 Å². The van der Waals surface area contributed by atoms with Gasteiger partial charge in [-0.25, -0.2) is 0 Å². The SMILES string of the molecule is CCCCCCCCCCCC/C=C\CCCCCCCCCC(=O)NC(CO)C(O)CCCCCCCCCCCCCCCCCCC. The van der Waals surface area contributed by atoms with Gasteiger partial charge in [0.25, 0.3) is 0 Å². The zero-order valence-electron chi connectivity index (χ0n) is 34.2. The summed E-state index contributed by atoms with van der Waals surface area (Å²) in [6.07, 6.45) is 52.9. The van der Waals surface area contributed by atoms with Crippen molar-refractivity contribution in [3.63, 3.8) is 0 Å². The van der Waals surface area contributed by atoms with Crippen LogP contribution in [-0.4, -0.2) is 34.9 Å². The molecule has 2 unspecified atom stereocenters. The van der Waals surface area contributed by atoms with Gasteiger partial charge in [0.1, 0.15) is 0 Å². The van der Waals surface area contributed by atoms with E-state index in [-0.39, 0.29) is 12.5 Å². The Kier molecular flexibility index (Phi) is 41.8. The van der Waals surface area contributed by atoms with Crippen molar-refractivity contribution in [2.75, 3.05) is 6.61 Å². The smallest absolute Gasteiger partial charge is 0.220 e. The summed E-state index contributed by atoms with van der Waals surface area (Å²) in [6, 6.07) is -0.535. The maximum Gasteiger partial charge on any atom is 0.220 e. The van der Waals surface area contributed by atoms with Crippen LogP contribution in [0.2, 0.25) is 0 Å². The van der Waals surface area contributed by atoms with E-state index < -0.39 is 12.1 Å². The molecule has 0 rings (SSSR count). The van der Waals surface area contributed by atoms with Crippen molar-refractivity contribution in [2.45, 2.75) is 270 Å². The molecule has 4 heteroatoms. The van der Waals surface area contributed by atoms with Gasteiger partial charge in [-0.3, -0.25) is 4.79 Å². The van der Waals surface area contributed by atoms with Crippen molar-refractivity contribution in [1.29, 1.82) is 0 Å². The molecule has 0 heterocycles. The number of unbranched alkanes of at least 4 members (excludes halogenated alkanes) is 33. The molecule has 0 aromatic rings. The second kappa shape index (κ2) is 42.5. The zero-order chi connectivity index (χ0) is 36.4. The first-order valence-corrected chi connectivity index (χ1v) is 22.9. The van der Waals surface area contributed by atoms with Gasteiger partial charge in [-0.1, -0.05) is 225 Å². The van der Waals surface area contributed by atoms with Crippen LogP contribution in [-0.2, 0) is 4.79 Å². The van der Waals surface area contributed by atoms with E-state index in [9.17, 15) is 15.0 Å². The monoisotopic (exact) mass is 706 g/mol. The molecule has 2 atom stereocenters. The molecule has 0 bridgehead atoms. The van der Waals surface area contributed by atoms with Crippen LogP contribution >= 0.6 is 0 Å². The molecule has 0 fully saturated rings. The zero-order valence-corrected chi connectivity index (χ0v) is 34.2. The minimum absolute atomic E-state index is 0.0323. The van der Waals surface area contributed by atoms with E-state index in [0.717, 1.165) is 25.7 Å². The van der Waals surface area contributed by atoms with Crippen molar-refractivity contribution in [2.24, 2.45) is 0 Å². The van der Waals surface area contributed by atoms with Crippen LogP contribution in [0.1, 0.15) is 258 Å². The second-order valence-corrected chi connectivity index (χ2v) is 15.8. The Labute approximate surface area is 314 Å². The van der Waals surface area contributed by atoms with E-state index in [1.807, 2.05) is 0 Å². The topological polar surface area (TPSA) is 69.6 Å². The minimum atomic E-state index is -0.658. The second-order valence-electron chi connectivity index (χ2n) is 15.8. The molecule has 0 spiro atoms. The number of carbonyl (C=O) groups excluding carboxylic acids is 1. The molecule has 0 aliphatic carbocycles. The third-order valence-electron chi connectivity index (χ3n) is 10.8. The average molecular weight is 706 g/mol. The first kappa shape index (κ1) is 49.1. The fourth-order valence-electron chi connectivity index (χ4n) is 7.24. The Morgan fingerprint density at radius 3 is 1.10 bits per heavy atom. The lowest BCUT2D eigenvalue weighted by Gasteiger charge is -2.22. The summed E-state index contributed by atoms with van der Waals surface area (Å²) in [7, 11) is 0. The lowest BCUT2D eigenvalue weighted by Crippen LogP contribution is -2.45. The van der Waals surface area contributed by atoms with Crippen LogP contribution in [0.3, 0.4) is 0 Å². The maximum atomic E-state index is 12.4. The number of aliphatic hydroxyl groups is 2. The largest absolute Gasteiger partial charge is 0.394 e. The van der Waals surface area contributed by atoms with Crippen LogP contribution in [0.5, 0.6) is 0 Å². The first-order chi connectivity index (χ1) is 24.7. The summed E-state index contributed by atoms with van der Waals surface area (Å²) in [6.45, 7) is 4.38. The molecule has 0 aliphatic rings. The van der Waals surface area contributed by atoms with Gasteiger partial charge in [0.05, 0.1) is 18.8 Å². The van der Waals surface area contributed by atoms with Crippen LogP contribution < -0.4 is 5.32 Å². The first-order valence-electron chi connectivity index (χ1n) is 22.9. The summed E-state index contributed by atoms with van der Waals surface area (Å²) >= 11 is 0. The molecule has 0 aromatic carbocycles. The highest BCUT2D eigenvalue weighted by molar-refractivity contribution is 5.76. The van der Waals surface area contributed by atoms with E-state index >= 15 is 0 Å². The number of nitrogens with one attached hydrogen (secondary N) is 1. The van der Waals surface area contributed by atoms with Crippen molar-refractivity contribution in [3.8, 4) is 0 Å². The number of carbonyl (C=O) groups is 1. The van der Waals surface area contributed by atoms with Gasteiger partial charge in [-0.05, 0) is 38.5 Å². The maximum absolute atomic E-state index is 12.4. The molecular weight excluding hydrogens is 615 g/mol. The number of rotatable bonds is 42. The lowest BCUT2D eigenvalue weighted by molar-refractivity contribution is -0.123. The fraction of sp³-hybridized carbons (Fsp3) is 0.935. The Bertz CT molecular complexity index is 680. The summed E-state index contributed by atoms with van der Waals surface area (Å²) in [5.41, 5.74) is 0. The standard InChI is InChI=1S/C46H91NO3/c1-3-5-7-9-11-13-15-17-19-21-22-23-24-26-28-30-32-34-36-38-40-42-46(50)47-44(43-48)45(49)41-39-37-35-33-31-29-27-25-20-18-16-14-12-10-8-6-4-2/h23-24,44-45,48-49H,3-22,25-43H2,1-2H3,(H,47,50)/b24-23-. The lowest BCUT2D eigenvalue weighted by atomic mass is 10.0. The molecule has 50 heavy (non-hydrogen) atoms. The van der Waals surface area contributed by atoms with Gasteiger partial charge < -0.3 is 15.5 Å². The van der Waals surface area contributed by atoms with E-state index in [1.54, 1.807) is 0 Å². The molecule has 0 aliphatic heterocycles. The molecule has 0 saturated carbocycles. The highest BCUT2D eigenvalue weighted by Gasteiger charge is 2.20. The number of hydrogen-bond acceptors (Lipinski definition) is 3. The van der Waals surface area contributed by atoms with Crippen molar-refractivity contribution in [1.82, 2.24) is 5.32 Å². The fourth-order valence-corrected chi connectivity index (χ4v) is 7.24. The molecule has 0 radical (unpaired) electrons. The van der Waals surface area contributed by atoms with Gasteiger partial charge in [0, 0.05) is 6.42 Å². The summed E-state index contributed by atoms with van der Waals surface area (Å²) < 4.78 is 0. The summed E-state index contributed by atoms with van der Waals surface area (Å²) in [4.78, 5) is 12.4. The van der Waals surface area contributed by atoms with E-state index in [4.69, 9.17) is 0 Å². The Hall–Kier alpha value is -0.870. The molecule has 298 valence electrons. The Morgan fingerprint density at radius 1 is 0.460 bits per heavy atom. The van der Waals surface area contributed by atoms with Crippen LogP contribution in [0.4, 0.5) is 0 Å². The molecule has 0 aromatic heterocycles. The van der Waals surface area contributed by atoms with Crippen LogP contribution in [0.25, 0.3) is 0 Å². The molecule has 1 amide bonds. The third-order valence-corrected chi connectivity index (χ3v) is 10.8. The Balaban J connectivity index is 3.49. The molecule has 3 N–H and O–H groups in total. The summed E-state index contributed by atoms with van der Waals surface area (Å²) in [5, 5.41) is 23.2. The molecule has 0 saturated heterocycles. The van der Waals surface area contributed by atoms with Crippen molar-refractivity contribution in [3.05, 3.63) is 12.2 Å². The average Bonchev–Trinajstić information content (AvgIpc) is 3.12. The molecule has 4 nitrogen and oxygen atoms in total. The van der Waals surface area contributed by atoms with E-state index in [1.165, 1.54) is 205 Å². The highest BCUT2D eigenvalue weighted by Crippen LogP contribution is 2.16. The number of aliphatic hydroxyl groups excluding tert-OH is 2. The quantitative estimate of drug-likeness (QED) is 0.0437. The molecular formula is C46H91NO3. The van der Waals surface area contributed by atoms with Crippen molar-refractivity contribution < 1.29 is 15.0 Å². The highest BCUT2D eigenvalue weighted by atomic mass is 16.3. The predicted octanol–water partition coefficient (Wildman–Crippen LogP) is 14.2. The number of amides is 1. The van der Waals surface area contributed by atoms with Gasteiger partial charge in [-0.15, -0.1) is 0 Å². The van der Waals surface area contributed by atoms with Gasteiger partial charge in [0.15, 0.2) is 0 Å². The normalized spacial score (nSPS) is 13.0. The van der Waals surface area contributed by atoms with Crippen LogP contribution in [0, 0.1) is 0 Å². The minimum Gasteiger partial charge on any atom is -0.394 e.